The van der Waals surface area contributed by atoms with Gasteiger partial charge in [0.15, 0.2) is 6.61 Å². The summed E-state index contributed by atoms with van der Waals surface area (Å²) in [6, 6.07) is 5.73. The third kappa shape index (κ3) is 5.21. The Kier molecular flexibility index (Phi) is 6.52. The van der Waals surface area contributed by atoms with Gasteiger partial charge >= 0.3 is 0 Å². The second kappa shape index (κ2) is 7.90. The number of carbonyl (C=O) groups is 1. The van der Waals surface area contributed by atoms with E-state index in [-0.39, 0.29) is 25.0 Å². The number of aryl methyl sites for hydroxylation is 2. The number of aliphatic hydroxyl groups excluding tert-OH is 1. The van der Waals surface area contributed by atoms with Crippen molar-refractivity contribution in [1.29, 1.82) is 0 Å². The summed E-state index contributed by atoms with van der Waals surface area (Å²) in [5, 5.41) is 12.4. The minimum absolute atomic E-state index is 0.0320. The van der Waals surface area contributed by atoms with Gasteiger partial charge in [-0.2, -0.15) is 0 Å². The second-order valence-corrected chi connectivity index (χ2v) is 5.29. The van der Waals surface area contributed by atoms with Crippen LogP contribution in [-0.4, -0.2) is 30.3 Å². The summed E-state index contributed by atoms with van der Waals surface area (Å²) in [5.41, 5.74) is 2.33. The third-order valence-electron chi connectivity index (χ3n) is 3.66. The van der Waals surface area contributed by atoms with E-state index in [1.165, 1.54) is 5.56 Å². The van der Waals surface area contributed by atoms with E-state index in [0.29, 0.717) is 5.75 Å². The second-order valence-electron chi connectivity index (χ2n) is 5.29. The van der Waals surface area contributed by atoms with E-state index in [9.17, 15) is 9.90 Å². The first-order valence-corrected chi connectivity index (χ1v) is 7.08. The molecule has 0 bridgehead atoms. The van der Waals surface area contributed by atoms with Crippen LogP contribution >= 0.6 is 0 Å². The maximum atomic E-state index is 11.6. The zero-order valence-corrected chi connectivity index (χ0v) is 12.8. The van der Waals surface area contributed by atoms with Crippen LogP contribution in [0.3, 0.4) is 0 Å². The average molecular weight is 279 g/mol. The van der Waals surface area contributed by atoms with Gasteiger partial charge in [-0.25, -0.2) is 0 Å². The Hall–Kier alpha value is -1.55. The minimum Gasteiger partial charge on any atom is -0.484 e. The Balaban J connectivity index is 2.34. The fourth-order valence-corrected chi connectivity index (χ4v) is 1.70. The molecule has 112 valence electrons. The standard InChI is InChI=1S/C16H25NO3/c1-5-11(2)15(18)9-17-16(19)10-20-14-7-6-12(3)13(4)8-14/h6-8,11,15,18H,5,9-10H2,1-4H3,(H,17,19). The van der Waals surface area contributed by atoms with E-state index in [0.717, 1.165) is 12.0 Å². The van der Waals surface area contributed by atoms with Gasteiger partial charge in [0.05, 0.1) is 6.10 Å². The summed E-state index contributed by atoms with van der Waals surface area (Å²) in [4.78, 5) is 11.6. The van der Waals surface area contributed by atoms with Crippen molar-refractivity contribution in [2.75, 3.05) is 13.2 Å². The molecule has 20 heavy (non-hydrogen) atoms. The molecule has 0 aliphatic rings. The molecule has 0 fully saturated rings. The zero-order valence-electron chi connectivity index (χ0n) is 12.8. The van der Waals surface area contributed by atoms with Gasteiger partial charge in [0, 0.05) is 6.54 Å². The van der Waals surface area contributed by atoms with Gasteiger partial charge in [0.25, 0.3) is 5.91 Å². The quantitative estimate of drug-likeness (QED) is 0.804. The fourth-order valence-electron chi connectivity index (χ4n) is 1.70. The van der Waals surface area contributed by atoms with Crippen LogP contribution in [0.1, 0.15) is 31.4 Å². The summed E-state index contributed by atoms with van der Waals surface area (Å²) < 4.78 is 5.43. The van der Waals surface area contributed by atoms with Gasteiger partial charge in [-0.15, -0.1) is 0 Å². The fraction of sp³-hybridized carbons (Fsp3) is 0.562. The number of hydrogen-bond donors (Lipinski definition) is 2. The summed E-state index contributed by atoms with van der Waals surface area (Å²) >= 11 is 0. The van der Waals surface area contributed by atoms with E-state index in [4.69, 9.17) is 4.74 Å². The molecule has 1 aromatic carbocycles. The molecular formula is C16H25NO3. The van der Waals surface area contributed by atoms with E-state index in [2.05, 4.69) is 5.32 Å². The highest BCUT2D eigenvalue weighted by Gasteiger charge is 2.13. The monoisotopic (exact) mass is 279 g/mol. The molecule has 0 saturated heterocycles. The van der Waals surface area contributed by atoms with Crippen molar-refractivity contribution in [2.45, 2.75) is 40.2 Å². The van der Waals surface area contributed by atoms with Crippen LogP contribution in [0.4, 0.5) is 0 Å². The van der Waals surface area contributed by atoms with Crippen LogP contribution in [-0.2, 0) is 4.79 Å². The lowest BCUT2D eigenvalue weighted by Crippen LogP contribution is -2.37. The number of hydrogen-bond acceptors (Lipinski definition) is 3. The van der Waals surface area contributed by atoms with Crippen molar-refractivity contribution in [3.05, 3.63) is 29.3 Å². The van der Waals surface area contributed by atoms with Crippen LogP contribution in [0.25, 0.3) is 0 Å². The number of nitrogens with one attached hydrogen (secondary N) is 1. The first-order chi connectivity index (χ1) is 9.43. The molecule has 0 aliphatic carbocycles. The summed E-state index contributed by atoms with van der Waals surface area (Å²) in [7, 11) is 0. The zero-order chi connectivity index (χ0) is 15.1. The lowest BCUT2D eigenvalue weighted by atomic mass is 10.0. The lowest BCUT2D eigenvalue weighted by molar-refractivity contribution is -0.123. The Labute approximate surface area is 121 Å². The predicted octanol–water partition coefficient (Wildman–Crippen LogP) is 2.21. The average Bonchev–Trinajstić information content (AvgIpc) is 2.45. The third-order valence-corrected chi connectivity index (χ3v) is 3.66. The molecule has 4 nitrogen and oxygen atoms in total. The maximum Gasteiger partial charge on any atom is 0.258 e. The van der Waals surface area contributed by atoms with Crippen molar-refractivity contribution in [3.8, 4) is 5.75 Å². The number of benzene rings is 1. The molecule has 1 aromatic rings. The van der Waals surface area contributed by atoms with Crippen molar-refractivity contribution >= 4 is 5.91 Å². The molecule has 0 spiro atoms. The highest BCUT2D eigenvalue weighted by Crippen LogP contribution is 2.16. The maximum absolute atomic E-state index is 11.6. The SMILES string of the molecule is CCC(C)C(O)CNC(=O)COc1ccc(C)c(C)c1. The van der Waals surface area contributed by atoms with Crippen LogP contribution in [0.5, 0.6) is 5.75 Å². The first kappa shape index (κ1) is 16.5. The molecule has 1 rings (SSSR count). The van der Waals surface area contributed by atoms with Crippen molar-refractivity contribution in [1.82, 2.24) is 5.32 Å². The lowest BCUT2D eigenvalue weighted by Gasteiger charge is -2.17. The minimum atomic E-state index is -0.509. The number of amides is 1. The largest absolute Gasteiger partial charge is 0.484 e. The molecule has 0 heterocycles. The first-order valence-electron chi connectivity index (χ1n) is 7.08. The van der Waals surface area contributed by atoms with Gasteiger partial charge in [0.1, 0.15) is 5.75 Å². The van der Waals surface area contributed by atoms with Crippen LogP contribution in [0, 0.1) is 19.8 Å². The topological polar surface area (TPSA) is 58.6 Å². The molecule has 2 N–H and O–H groups in total. The molecule has 4 heteroatoms. The van der Waals surface area contributed by atoms with Crippen molar-refractivity contribution in [2.24, 2.45) is 5.92 Å². The number of rotatable bonds is 7. The van der Waals surface area contributed by atoms with E-state index in [1.54, 1.807) is 0 Å². The van der Waals surface area contributed by atoms with Crippen molar-refractivity contribution in [3.63, 3.8) is 0 Å². The number of ether oxygens (including phenoxy) is 1. The Morgan fingerprint density at radius 1 is 1.35 bits per heavy atom. The highest BCUT2D eigenvalue weighted by atomic mass is 16.5. The smallest absolute Gasteiger partial charge is 0.258 e. The van der Waals surface area contributed by atoms with E-state index < -0.39 is 6.10 Å². The Morgan fingerprint density at radius 3 is 2.65 bits per heavy atom. The van der Waals surface area contributed by atoms with Gasteiger partial charge in [-0.05, 0) is 43.0 Å². The number of carbonyl (C=O) groups excluding carboxylic acids is 1. The van der Waals surface area contributed by atoms with E-state index >= 15 is 0 Å². The predicted molar refractivity (Wildman–Crippen MR) is 79.9 cm³/mol. The number of aliphatic hydroxyl groups is 1. The molecule has 0 saturated carbocycles. The summed E-state index contributed by atoms with van der Waals surface area (Å²) in [6.07, 6.45) is 0.376. The molecule has 2 unspecified atom stereocenters. The van der Waals surface area contributed by atoms with Crippen LogP contribution < -0.4 is 10.1 Å². The van der Waals surface area contributed by atoms with Gasteiger partial charge in [-0.3, -0.25) is 4.79 Å². The van der Waals surface area contributed by atoms with Gasteiger partial charge in [0.2, 0.25) is 0 Å². The molecule has 0 radical (unpaired) electrons. The van der Waals surface area contributed by atoms with Crippen LogP contribution in [0.2, 0.25) is 0 Å². The molecule has 0 aliphatic heterocycles. The highest BCUT2D eigenvalue weighted by molar-refractivity contribution is 5.77. The molecular weight excluding hydrogens is 254 g/mol. The molecule has 1 amide bonds. The Bertz CT molecular complexity index is 445. The van der Waals surface area contributed by atoms with Crippen molar-refractivity contribution < 1.29 is 14.6 Å². The summed E-state index contributed by atoms with van der Waals surface area (Å²) in [5.74, 6) is 0.646. The normalized spacial score (nSPS) is 13.7. The van der Waals surface area contributed by atoms with Gasteiger partial charge in [-0.1, -0.05) is 26.3 Å². The Morgan fingerprint density at radius 2 is 2.05 bits per heavy atom. The van der Waals surface area contributed by atoms with E-state index in [1.807, 2.05) is 45.9 Å². The molecule has 0 aromatic heterocycles. The summed E-state index contributed by atoms with van der Waals surface area (Å²) in [6.45, 7) is 8.24. The molecule has 2 atom stereocenters. The van der Waals surface area contributed by atoms with Crippen LogP contribution in [0.15, 0.2) is 18.2 Å². The van der Waals surface area contributed by atoms with Gasteiger partial charge < -0.3 is 15.2 Å².